The highest BCUT2D eigenvalue weighted by molar-refractivity contribution is 5.59. The molecule has 0 atom stereocenters. The van der Waals surface area contributed by atoms with E-state index in [4.69, 9.17) is 5.73 Å². The molecule has 2 N–H and O–H groups in total. The van der Waals surface area contributed by atoms with Gasteiger partial charge in [-0.05, 0) is 24.3 Å². The standard InChI is InChI=1S/C14H15N5/c1-18-9-11(8-17-18)10-19-7-6-16-14(19)12-2-4-13(15)5-3-12/h2-9H,10,15H2,1H3. The maximum atomic E-state index is 5.71. The Bertz CT molecular complexity index is 678. The van der Waals surface area contributed by atoms with Gasteiger partial charge in [0.05, 0.1) is 12.7 Å². The number of nitrogens with zero attached hydrogens (tertiary/aromatic N) is 4. The molecular formula is C14H15N5. The highest BCUT2D eigenvalue weighted by atomic mass is 15.2. The van der Waals surface area contributed by atoms with Gasteiger partial charge in [0.1, 0.15) is 5.82 Å². The number of aryl methyl sites for hydroxylation is 1. The molecule has 2 aromatic heterocycles. The van der Waals surface area contributed by atoms with Gasteiger partial charge in [0, 0.05) is 42.5 Å². The Morgan fingerprint density at radius 3 is 2.68 bits per heavy atom. The van der Waals surface area contributed by atoms with Crippen LogP contribution in [0.2, 0.25) is 0 Å². The first-order valence-electron chi connectivity index (χ1n) is 6.07. The summed E-state index contributed by atoms with van der Waals surface area (Å²) in [5.74, 6) is 0.934. The second kappa shape index (κ2) is 4.61. The maximum Gasteiger partial charge on any atom is 0.140 e. The number of hydrogen-bond donors (Lipinski definition) is 1. The van der Waals surface area contributed by atoms with Crippen molar-refractivity contribution in [2.75, 3.05) is 5.73 Å². The number of benzene rings is 1. The molecule has 0 saturated heterocycles. The van der Waals surface area contributed by atoms with Crippen molar-refractivity contribution in [2.45, 2.75) is 6.54 Å². The molecule has 1 aromatic carbocycles. The third kappa shape index (κ3) is 2.35. The summed E-state index contributed by atoms with van der Waals surface area (Å²) in [6, 6.07) is 7.74. The lowest BCUT2D eigenvalue weighted by Gasteiger charge is -2.06. The van der Waals surface area contributed by atoms with Gasteiger partial charge < -0.3 is 10.3 Å². The van der Waals surface area contributed by atoms with E-state index in [1.54, 1.807) is 4.68 Å². The van der Waals surface area contributed by atoms with Crippen molar-refractivity contribution in [3.05, 3.63) is 54.6 Å². The normalized spacial score (nSPS) is 10.8. The monoisotopic (exact) mass is 253 g/mol. The summed E-state index contributed by atoms with van der Waals surface area (Å²) in [6.45, 7) is 0.757. The van der Waals surface area contributed by atoms with Crippen LogP contribution in [0.25, 0.3) is 11.4 Å². The lowest BCUT2D eigenvalue weighted by atomic mass is 10.2. The van der Waals surface area contributed by atoms with Gasteiger partial charge in [-0.1, -0.05) is 0 Å². The number of rotatable bonds is 3. The van der Waals surface area contributed by atoms with Crippen LogP contribution in [-0.4, -0.2) is 19.3 Å². The molecule has 0 aliphatic heterocycles. The molecule has 3 rings (SSSR count). The van der Waals surface area contributed by atoms with Gasteiger partial charge in [-0.15, -0.1) is 0 Å². The van der Waals surface area contributed by atoms with E-state index in [1.165, 1.54) is 0 Å². The fourth-order valence-corrected chi connectivity index (χ4v) is 2.08. The minimum absolute atomic E-state index is 0.757. The molecule has 0 fully saturated rings. The van der Waals surface area contributed by atoms with E-state index in [0.29, 0.717) is 0 Å². The molecule has 0 saturated carbocycles. The van der Waals surface area contributed by atoms with E-state index in [-0.39, 0.29) is 0 Å². The third-order valence-corrected chi connectivity index (χ3v) is 3.00. The summed E-state index contributed by atoms with van der Waals surface area (Å²) in [4.78, 5) is 4.41. The Kier molecular flexibility index (Phi) is 2.79. The summed E-state index contributed by atoms with van der Waals surface area (Å²) >= 11 is 0. The van der Waals surface area contributed by atoms with Gasteiger partial charge in [0.15, 0.2) is 0 Å². The minimum atomic E-state index is 0.757. The summed E-state index contributed by atoms with van der Waals surface area (Å²) in [6.07, 6.45) is 7.65. The van der Waals surface area contributed by atoms with Crippen molar-refractivity contribution in [3.63, 3.8) is 0 Å². The van der Waals surface area contributed by atoms with Crippen LogP contribution in [0.1, 0.15) is 5.56 Å². The van der Waals surface area contributed by atoms with Gasteiger partial charge in [-0.25, -0.2) is 4.98 Å². The number of imidazole rings is 1. The molecule has 0 bridgehead atoms. The fraction of sp³-hybridized carbons (Fsp3) is 0.143. The van der Waals surface area contributed by atoms with E-state index in [0.717, 1.165) is 29.2 Å². The van der Waals surface area contributed by atoms with Crippen molar-refractivity contribution in [2.24, 2.45) is 7.05 Å². The van der Waals surface area contributed by atoms with Gasteiger partial charge in [0.25, 0.3) is 0 Å². The van der Waals surface area contributed by atoms with Crippen LogP contribution in [0.3, 0.4) is 0 Å². The summed E-state index contributed by atoms with van der Waals surface area (Å²) in [5, 5.41) is 4.18. The van der Waals surface area contributed by atoms with E-state index in [9.17, 15) is 0 Å². The zero-order chi connectivity index (χ0) is 13.2. The molecule has 0 radical (unpaired) electrons. The lowest BCUT2D eigenvalue weighted by Crippen LogP contribution is -2.00. The average Bonchev–Trinajstić information content (AvgIpc) is 3.00. The SMILES string of the molecule is Cn1cc(Cn2ccnc2-c2ccc(N)cc2)cn1. The average molecular weight is 253 g/mol. The number of nitrogens with two attached hydrogens (primary N) is 1. The van der Waals surface area contributed by atoms with Crippen LogP contribution < -0.4 is 5.73 Å². The van der Waals surface area contributed by atoms with Crippen LogP contribution in [-0.2, 0) is 13.6 Å². The molecular weight excluding hydrogens is 238 g/mol. The Labute approximate surface area is 111 Å². The van der Waals surface area contributed by atoms with Crippen molar-refractivity contribution in [1.29, 1.82) is 0 Å². The maximum absolute atomic E-state index is 5.71. The van der Waals surface area contributed by atoms with E-state index >= 15 is 0 Å². The highest BCUT2D eigenvalue weighted by Gasteiger charge is 2.07. The van der Waals surface area contributed by atoms with Gasteiger partial charge >= 0.3 is 0 Å². The molecule has 5 heteroatoms. The number of hydrogen-bond acceptors (Lipinski definition) is 3. The molecule has 0 aliphatic rings. The zero-order valence-electron chi connectivity index (χ0n) is 10.7. The second-order valence-corrected chi connectivity index (χ2v) is 4.52. The Hall–Kier alpha value is -2.56. The van der Waals surface area contributed by atoms with Crippen LogP contribution in [0, 0.1) is 0 Å². The molecule has 0 aliphatic carbocycles. The first kappa shape index (κ1) is 11.5. The number of anilines is 1. The third-order valence-electron chi connectivity index (χ3n) is 3.00. The first-order chi connectivity index (χ1) is 9.22. The molecule has 5 nitrogen and oxygen atoms in total. The summed E-state index contributed by atoms with van der Waals surface area (Å²) in [7, 11) is 1.91. The molecule has 19 heavy (non-hydrogen) atoms. The number of aromatic nitrogens is 4. The first-order valence-corrected chi connectivity index (χ1v) is 6.07. The minimum Gasteiger partial charge on any atom is -0.399 e. The lowest BCUT2D eigenvalue weighted by molar-refractivity contribution is 0.763. The Morgan fingerprint density at radius 1 is 1.21 bits per heavy atom. The van der Waals surface area contributed by atoms with Crippen LogP contribution in [0.15, 0.2) is 49.1 Å². The molecule has 2 heterocycles. The van der Waals surface area contributed by atoms with Crippen LogP contribution >= 0.6 is 0 Å². The Balaban J connectivity index is 1.92. The topological polar surface area (TPSA) is 61.7 Å². The van der Waals surface area contributed by atoms with Crippen molar-refractivity contribution in [1.82, 2.24) is 19.3 Å². The predicted molar refractivity (Wildman–Crippen MR) is 74.4 cm³/mol. The molecule has 0 spiro atoms. The summed E-state index contributed by atoms with van der Waals surface area (Å²) < 4.78 is 3.90. The molecule has 96 valence electrons. The van der Waals surface area contributed by atoms with Crippen LogP contribution in [0.4, 0.5) is 5.69 Å². The zero-order valence-corrected chi connectivity index (χ0v) is 10.7. The quantitative estimate of drug-likeness (QED) is 0.725. The summed E-state index contributed by atoms with van der Waals surface area (Å²) in [5.41, 5.74) is 8.67. The van der Waals surface area contributed by atoms with E-state index in [2.05, 4.69) is 14.6 Å². The van der Waals surface area contributed by atoms with Gasteiger partial charge in [0.2, 0.25) is 0 Å². The van der Waals surface area contributed by atoms with E-state index < -0.39 is 0 Å². The molecule has 0 amide bonds. The smallest absolute Gasteiger partial charge is 0.140 e. The van der Waals surface area contributed by atoms with Crippen molar-refractivity contribution >= 4 is 5.69 Å². The predicted octanol–water partition coefficient (Wildman–Crippen LogP) is 1.91. The highest BCUT2D eigenvalue weighted by Crippen LogP contribution is 2.19. The molecule has 0 unspecified atom stereocenters. The number of nitrogen functional groups attached to an aromatic ring is 1. The van der Waals surface area contributed by atoms with Gasteiger partial charge in [-0.3, -0.25) is 4.68 Å². The largest absolute Gasteiger partial charge is 0.399 e. The molecule has 3 aromatic rings. The van der Waals surface area contributed by atoms with Gasteiger partial charge in [-0.2, -0.15) is 5.10 Å². The Morgan fingerprint density at radius 2 is 2.00 bits per heavy atom. The fourth-order valence-electron chi connectivity index (χ4n) is 2.08. The second-order valence-electron chi connectivity index (χ2n) is 4.52. The van der Waals surface area contributed by atoms with Crippen molar-refractivity contribution < 1.29 is 0 Å². The van der Waals surface area contributed by atoms with Crippen LogP contribution in [0.5, 0.6) is 0 Å². The van der Waals surface area contributed by atoms with Crippen molar-refractivity contribution in [3.8, 4) is 11.4 Å². The van der Waals surface area contributed by atoms with E-state index in [1.807, 2.05) is 56.1 Å².